The number of hydrogen-bond donors (Lipinski definition) is 2. The summed E-state index contributed by atoms with van der Waals surface area (Å²) in [6.45, 7) is 8.69. The zero-order valence-corrected chi connectivity index (χ0v) is 24.3. The Labute approximate surface area is 241 Å². The van der Waals surface area contributed by atoms with Crippen LogP contribution in [0.2, 0.25) is 0 Å². The summed E-state index contributed by atoms with van der Waals surface area (Å²) >= 11 is 0. The van der Waals surface area contributed by atoms with Crippen LogP contribution in [-0.4, -0.2) is 117 Å². The zero-order chi connectivity index (χ0) is 28.7. The van der Waals surface area contributed by atoms with Gasteiger partial charge in [-0.3, -0.25) is 19.2 Å². The second kappa shape index (κ2) is 11.9. The van der Waals surface area contributed by atoms with Crippen LogP contribution < -0.4 is 11.0 Å². The van der Waals surface area contributed by atoms with Gasteiger partial charge in [-0.15, -0.1) is 0 Å². The van der Waals surface area contributed by atoms with E-state index in [4.69, 9.17) is 4.74 Å². The average molecular weight is 569 g/mol. The molecule has 1 aromatic carbocycles. The van der Waals surface area contributed by atoms with Crippen molar-refractivity contribution in [3.8, 4) is 0 Å². The first-order valence-corrected chi connectivity index (χ1v) is 15.4. The van der Waals surface area contributed by atoms with Gasteiger partial charge in [-0.05, 0) is 64.5 Å². The molecule has 6 rings (SSSR count). The molecule has 11 heteroatoms. The summed E-state index contributed by atoms with van der Waals surface area (Å²) in [6.07, 6.45) is 4.79. The number of aliphatic hydroxyl groups is 1. The fourth-order valence-corrected chi connectivity index (χ4v) is 7.52. The van der Waals surface area contributed by atoms with Crippen LogP contribution in [0.1, 0.15) is 58.4 Å². The van der Waals surface area contributed by atoms with Crippen LogP contribution in [-0.2, 0) is 9.53 Å². The quantitative estimate of drug-likeness (QED) is 0.522. The molecule has 5 atom stereocenters. The van der Waals surface area contributed by atoms with E-state index in [1.54, 1.807) is 4.57 Å². The van der Waals surface area contributed by atoms with Gasteiger partial charge in [0.1, 0.15) is 6.10 Å². The van der Waals surface area contributed by atoms with E-state index in [0.29, 0.717) is 50.4 Å². The van der Waals surface area contributed by atoms with Gasteiger partial charge in [0.25, 0.3) is 5.91 Å². The highest BCUT2D eigenvalue weighted by Gasteiger charge is 2.42. The summed E-state index contributed by atoms with van der Waals surface area (Å²) in [5.74, 6) is 0.116. The predicted octanol–water partition coefficient (Wildman–Crippen LogP) is 1.62. The van der Waals surface area contributed by atoms with Crippen molar-refractivity contribution in [3.63, 3.8) is 0 Å². The number of aromatic nitrogens is 2. The Kier molecular flexibility index (Phi) is 8.22. The lowest BCUT2D eigenvalue weighted by atomic mass is 9.97. The molecule has 4 aliphatic heterocycles. The SMILES string of the molecule is CC(C)n1c(=O)n(C(=O)NC2CC3CC[C@H](C2)N3CC(O)CN2CCN(C(=O)C3CCCO3)CC2)c2ccccc21. The third-order valence-electron chi connectivity index (χ3n) is 9.49. The Hall–Kier alpha value is -2.73. The molecule has 5 heterocycles. The average Bonchev–Trinajstić information content (AvgIpc) is 3.64. The van der Waals surface area contributed by atoms with Crippen molar-refractivity contribution < 1.29 is 19.4 Å². The number of para-hydroxylation sites is 2. The molecule has 4 fully saturated rings. The molecule has 0 spiro atoms. The molecule has 11 nitrogen and oxygen atoms in total. The van der Waals surface area contributed by atoms with Crippen LogP contribution in [0.5, 0.6) is 0 Å². The van der Waals surface area contributed by atoms with E-state index in [-0.39, 0.29) is 35.8 Å². The van der Waals surface area contributed by atoms with E-state index in [9.17, 15) is 19.5 Å². The minimum Gasteiger partial charge on any atom is -0.390 e. The van der Waals surface area contributed by atoms with Crippen molar-refractivity contribution in [3.05, 3.63) is 34.7 Å². The largest absolute Gasteiger partial charge is 0.390 e. The molecular formula is C30H44N6O5. The topological polar surface area (TPSA) is 112 Å². The van der Waals surface area contributed by atoms with Gasteiger partial charge in [-0.1, -0.05) is 12.1 Å². The molecular weight excluding hydrogens is 524 g/mol. The van der Waals surface area contributed by atoms with Crippen LogP contribution in [0, 0.1) is 0 Å². The molecule has 224 valence electrons. The molecule has 4 saturated heterocycles. The number of benzene rings is 1. The van der Waals surface area contributed by atoms with Crippen molar-refractivity contribution >= 4 is 23.0 Å². The second-order valence-corrected chi connectivity index (χ2v) is 12.6. The number of β-amino-alcohol motifs (C(OH)–C–C–N with tert-alkyl or cyclic N) is 1. The maximum Gasteiger partial charge on any atom is 0.337 e. The number of aliphatic hydroxyl groups excluding tert-OH is 1. The third kappa shape index (κ3) is 5.69. The molecule has 4 unspecified atom stereocenters. The van der Waals surface area contributed by atoms with Crippen LogP contribution in [0.25, 0.3) is 11.0 Å². The number of rotatable bonds is 7. The maximum absolute atomic E-state index is 13.4. The van der Waals surface area contributed by atoms with E-state index < -0.39 is 6.10 Å². The normalized spacial score (nSPS) is 28.0. The number of nitrogens with one attached hydrogen (secondary N) is 1. The Morgan fingerprint density at radius 2 is 1.68 bits per heavy atom. The first-order chi connectivity index (χ1) is 19.8. The van der Waals surface area contributed by atoms with E-state index >= 15 is 0 Å². The lowest BCUT2D eigenvalue weighted by Crippen LogP contribution is -2.56. The summed E-state index contributed by atoms with van der Waals surface area (Å²) in [5.41, 5.74) is 1.09. The predicted molar refractivity (Wildman–Crippen MR) is 155 cm³/mol. The Morgan fingerprint density at radius 3 is 2.32 bits per heavy atom. The summed E-state index contributed by atoms with van der Waals surface area (Å²) in [7, 11) is 0. The molecule has 2 amide bonds. The number of carbonyl (C=O) groups is 2. The fraction of sp³-hybridized carbons (Fsp3) is 0.700. The first-order valence-electron chi connectivity index (χ1n) is 15.4. The molecule has 2 bridgehead atoms. The van der Waals surface area contributed by atoms with E-state index in [2.05, 4.69) is 15.1 Å². The number of amides is 2. The number of ether oxygens (including phenoxy) is 1. The molecule has 1 aromatic heterocycles. The summed E-state index contributed by atoms with van der Waals surface area (Å²) in [5, 5.41) is 14.2. The summed E-state index contributed by atoms with van der Waals surface area (Å²) in [6, 6.07) is 7.65. The number of piperidine rings is 1. The zero-order valence-electron chi connectivity index (χ0n) is 24.3. The standard InChI is InChI=1S/C30H44N6O5/c1-20(2)35-25-6-3-4-7-26(25)36(30(35)40)29(39)31-21-16-22-9-10-23(17-21)34(22)19-24(37)18-32-11-13-33(14-12-32)28(38)27-8-5-15-41-27/h3-4,6-7,20-24,27,37H,5,8-19H2,1-2H3,(H,31,39)/t21?,22-,23?,24?,27?/m1/s1. The van der Waals surface area contributed by atoms with Crippen LogP contribution in [0.4, 0.5) is 4.79 Å². The molecule has 0 saturated carbocycles. The molecule has 0 radical (unpaired) electrons. The number of nitrogens with zero attached hydrogens (tertiary/aromatic N) is 5. The second-order valence-electron chi connectivity index (χ2n) is 12.6. The highest BCUT2D eigenvalue weighted by atomic mass is 16.5. The van der Waals surface area contributed by atoms with Crippen molar-refractivity contribution in [2.75, 3.05) is 45.9 Å². The van der Waals surface area contributed by atoms with E-state index in [0.717, 1.165) is 57.1 Å². The minimum absolute atomic E-state index is 0.00378. The highest BCUT2D eigenvalue weighted by molar-refractivity contribution is 5.89. The minimum atomic E-state index is -0.467. The number of imidazole rings is 1. The fourth-order valence-electron chi connectivity index (χ4n) is 7.52. The lowest BCUT2D eigenvalue weighted by Gasteiger charge is -2.41. The monoisotopic (exact) mass is 568 g/mol. The van der Waals surface area contributed by atoms with Crippen molar-refractivity contribution in [1.29, 1.82) is 0 Å². The lowest BCUT2D eigenvalue weighted by molar-refractivity contribution is -0.142. The highest BCUT2D eigenvalue weighted by Crippen LogP contribution is 2.36. The van der Waals surface area contributed by atoms with Gasteiger partial charge in [0.15, 0.2) is 0 Å². The van der Waals surface area contributed by atoms with Gasteiger partial charge in [0.2, 0.25) is 0 Å². The van der Waals surface area contributed by atoms with E-state index in [1.165, 1.54) is 4.57 Å². The molecule has 0 aliphatic carbocycles. The third-order valence-corrected chi connectivity index (χ3v) is 9.49. The van der Waals surface area contributed by atoms with E-state index in [1.807, 2.05) is 43.0 Å². The molecule has 2 N–H and O–H groups in total. The van der Waals surface area contributed by atoms with Crippen molar-refractivity contribution in [2.45, 2.75) is 88.7 Å². The number of carbonyl (C=O) groups excluding carboxylic acids is 2. The molecule has 4 aliphatic rings. The van der Waals surface area contributed by atoms with Gasteiger partial charge >= 0.3 is 11.7 Å². The number of hydrogen-bond acceptors (Lipinski definition) is 7. The summed E-state index contributed by atoms with van der Waals surface area (Å²) < 4.78 is 8.51. The van der Waals surface area contributed by atoms with Gasteiger partial charge in [-0.2, -0.15) is 0 Å². The van der Waals surface area contributed by atoms with Crippen LogP contribution >= 0.6 is 0 Å². The van der Waals surface area contributed by atoms with Gasteiger partial charge in [-0.25, -0.2) is 14.2 Å². The Balaban J connectivity index is 1.01. The Morgan fingerprint density at radius 1 is 1.00 bits per heavy atom. The molecule has 41 heavy (non-hydrogen) atoms. The van der Waals surface area contributed by atoms with Crippen LogP contribution in [0.15, 0.2) is 29.1 Å². The van der Waals surface area contributed by atoms with Crippen LogP contribution in [0.3, 0.4) is 0 Å². The van der Waals surface area contributed by atoms with Gasteiger partial charge in [0.05, 0.1) is 17.1 Å². The molecule has 2 aromatic rings. The maximum atomic E-state index is 13.4. The number of piperazine rings is 1. The number of fused-ring (bicyclic) bond motifs is 3. The van der Waals surface area contributed by atoms with Crippen molar-refractivity contribution in [2.24, 2.45) is 0 Å². The smallest absolute Gasteiger partial charge is 0.337 e. The van der Waals surface area contributed by atoms with Crippen molar-refractivity contribution in [1.82, 2.24) is 29.2 Å². The Bertz CT molecular complexity index is 1290. The van der Waals surface area contributed by atoms with Gasteiger partial charge < -0.3 is 20.1 Å². The first kappa shape index (κ1) is 28.4. The summed E-state index contributed by atoms with van der Waals surface area (Å²) in [4.78, 5) is 45.8. The van der Waals surface area contributed by atoms with Gasteiger partial charge in [0, 0.05) is 70.0 Å².